The lowest BCUT2D eigenvalue weighted by atomic mass is 9.72. The second-order valence-electron chi connectivity index (χ2n) is 6.19. The average Bonchev–Trinajstić information content (AvgIpc) is 2.97. The summed E-state index contributed by atoms with van der Waals surface area (Å²) in [6.07, 6.45) is 3.58. The van der Waals surface area contributed by atoms with Crippen molar-refractivity contribution in [3.05, 3.63) is 11.0 Å². The van der Waals surface area contributed by atoms with Crippen LogP contribution in [0, 0.1) is 0 Å². The molecular weight excluding hydrogens is 347 g/mol. The van der Waals surface area contributed by atoms with Crippen LogP contribution in [0.1, 0.15) is 32.1 Å². The summed E-state index contributed by atoms with van der Waals surface area (Å²) in [5.74, 6) is -1.60. The Labute approximate surface area is 151 Å². The molecule has 3 atom stereocenters. The Balaban J connectivity index is 1.67. The SMILES string of the molecule is NCCOCC1=CCC(CC(=O)N[C@H]2CC[C@@H](CC(=O)O)OB2O)S1. The number of carbonyl (C=O) groups is 2. The molecule has 2 aliphatic rings. The highest BCUT2D eigenvalue weighted by Gasteiger charge is 2.37. The van der Waals surface area contributed by atoms with Gasteiger partial charge in [0, 0.05) is 23.1 Å². The van der Waals surface area contributed by atoms with E-state index in [2.05, 4.69) is 11.4 Å². The number of thioether (sulfide) groups is 1. The Hall–Kier alpha value is -1.07. The normalized spacial score (nSPS) is 26.4. The lowest BCUT2D eigenvalue weighted by Crippen LogP contribution is -2.53. The molecule has 0 saturated carbocycles. The smallest absolute Gasteiger partial charge is 0.478 e. The highest BCUT2D eigenvalue weighted by atomic mass is 32.2. The number of carboxylic acids is 1. The fourth-order valence-electron chi connectivity index (χ4n) is 2.88. The highest BCUT2D eigenvalue weighted by Crippen LogP contribution is 2.34. The number of nitrogens with one attached hydrogen (secondary N) is 1. The lowest BCUT2D eigenvalue weighted by Gasteiger charge is -2.31. The fraction of sp³-hybridized carbons (Fsp3) is 0.733. The van der Waals surface area contributed by atoms with Crippen molar-refractivity contribution in [3.63, 3.8) is 0 Å². The standard InChI is InChI=1S/C15H25BN2O6S/c17-5-6-23-9-12-3-2-11(25-12)8-14(19)18-13-4-1-10(7-15(20)21)24-16(13)22/h3,10-11,13,22H,1-2,4-9,17H2,(H,18,19)(H,20,21)/t10-,11?,13-/m0/s1. The number of rotatable bonds is 9. The summed E-state index contributed by atoms with van der Waals surface area (Å²) >= 11 is 1.63. The largest absolute Gasteiger partial charge is 0.481 e. The number of ether oxygens (including phenoxy) is 1. The Morgan fingerprint density at radius 1 is 1.44 bits per heavy atom. The average molecular weight is 372 g/mol. The fourth-order valence-corrected chi connectivity index (χ4v) is 4.08. The van der Waals surface area contributed by atoms with Crippen molar-refractivity contribution in [1.82, 2.24) is 5.32 Å². The van der Waals surface area contributed by atoms with Crippen LogP contribution in [0.2, 0.25) is 0 Å². The summed E-state index contributed by atoms with van der Waals surface area (Å²) in [5.41, 5.74) is 5.37. The van der Waals surface area contributed by atoms with Crippen molar-refractivity contribution in [2.45, 2.75) is 49.4 Å². The van der Waals surface area contributed by atoms with Crippen molar-refractivity contribution in [3.8, 4) is 0 Å². The molecule has 10 heteroatoms. The van der Waals surface area contributed by atoms with E-state index >= 15 is 0 Å². The number of carbonyl (C=O) groups excluding carboxylic acids is 1. The zero-order valence-electron chi connectivity index (χ0n) is 14.1. The molecule has 2 heterocycles. The van der Waals surface area contributed by atoms with Gasteiger partial charge in [0.25, 0.3) is 0 Å². The van der Waals surface area contributed by atoms with Gasteiger partial charge in [-0.3, -0.25) is 9.59 Å². The van der Waals surface area contributed by atoms with E-state index in [0.29, 0.717) is 39.0 Å². The van der Waals surface area contributed by atoms with E-state index in [9.17, 15) is 14.6 Å². The van der Waals surface area contributed by atoms with Crippen molar-refractivity contribution < 1.29 is 29.1 Å². The van der Waals surface area contributed by atoms with Crippen LogP contribution in [0.3, 0.4) is 0 Å². The van der Waals surface area contributed by atoms with Gasteiger partial charge in [-0.2, -0.15) is 0 Å². The zero-order valence-corrected chi connectivity index (χ0v) is 14.9. The maximum absolute atomic E-state index is 12.2. The molecule has 1 amide bonds. The Morgan fingerprint density at radius 3 is 2.92 bits per heavy atom. The third kappa shape index (κ3) is 6.98. The molecule has 0 bridgehead atoms. The van der Waals surface area contributed by atoms with Gasteiger partial charge in [0.05, 0.1) is 31.7 Å². The molecule has 0 aliphatic carbocycles. The van der Waals surface area contributed by atoms with Gasteiger partial charge in [-0.15, -0.1) is 11.8 Å². The topological polar surface area (TPSA) is 131 Å². The third-order valence-corrected chi connectivity index (χ3v) is 5.35. The van der Waals surface area contributed by atoms with Crippen molar-refractivity contribution in [1.29, 1.82) is 0 Å². The minimum absolute atomic E-state index is 0.139. The van der Waals surface area contributed by atoms with Crippen LogP contribution < -0.4 is 11.1 Å². The van der Waals surface area contributed by atoms with Gasteiger partial charge < -0.3 is 30.6 Å². The maximum atomic E-state index is 12.2. The number of hydrogen-bond acceptors (Lipinski definition) is 7. The molecule has 1 fully saturated rings. The Morgan fingerprint density at radius 2 is 2.24 bits per heavy atom. The molecule has 25 heavy (non-hydrogen) atoms. The van der Waals surface area contributed by atoms with E-state index in [-0.39, 0.29) is 17.6 Å². The van der Waals surface area contributed by atoms with E-state index in [1.807, 2.05) is 0 Å². The van der Waals surface area contributed by atoms with Gasteiger partial charge >= 0.3 is 13.1 Å². The molecule has 5 N–H and O–H groups in total. The number of allylic oxidation sites excluding steroid dienone is 1. The van der Waals surface area contributed by atoms with Gasteiger partial charge in [-0.25, -0.2) is 0 Å². The maximum Gasteiger partial charge on any atom is 0.478 e. The van der Waals surface area contributed by atoms with Crippen LogP contribution in [-0.2, 0) is 19.0 Å². The van der Waals surface area contributed by atoms with Gasteiger partial charge in [0.15, 0.2) is 0 Å². The monoisotopic (exact) mass is 372 g/mol. The first-order valence-electron chi connectivity index (χ1n) is 8.46. The molecule has 0 aromatic carbocycles. The first-order chi connectivity index (χ1) is 12.0. The highest BCUT2D eigenvalue weighted by molar-refractivity contribution is 8.04. The molecule has 0 aromatic rings. The summed E-state index contributed by atoms with van der Waals surface area (Å²) in [7, 11) is -1.17. The summed E-state index contributed by atoms with van der Waals surface area (Å²) in [5, 5.41) is 21.7. The summed E-state index contributed by atoms with van der Waals surface area (Å²) in [6.45, 7) is 1.54. The van der Waals surface area contributed by atoms with Crippen molar-refractivity contribution >= 4 is 30.8 Å². The molecule has 1 unspecified atom stereocenters. The van der Waals surface area contributed by atoms with Gasteiger partial charge in [0.1, 0.15) is 0 Å². The minimum Gasteiger partial charge on any atom is -0.481 e. The molecular formula is C15H25BN2O6S. The van der Waals surface area contributed by atoms with Gasteiger partial charge in [-0.1, -0.05) is 6.08 Å². The van der Waals surface area contributed by atoms with Crippen molar-refractivity contribution in [2.24, 2.45) is 5.73 Å². The van der Waals surface area contributed by atoms with Crippen molar-refractivity contribution in [2.75, 3.05) is 19.8 Å². The first-order valence-corrected chi connectivity index (χ1v) is 9.34. The summed E-state index contributed by atoms with van der Waals surface area (Å²) in [6, 6.07) is 0. The summed E-state index contributed by atoms with van der Waals surface area (Å²) < 4.78 is 10.7. The van der Waals surface area contributed by atoms with Crippen LogP contribution in [-0.4, -0.2) is 66.2 Å². The molecule has 0 spiro atoms. The van der Waals surface area contributed by atoms with E-state index < -0.39 is 25.1 Å². The predicted octanol–water partition coefficient (Wildman–Crippen LogP) is -0.101. The lowest BCUT2D eigenvalue weighted by molar-refractivity contribution is -0.139. The minimum atomic E-state index is -1.17. The molecule has 2 aliphatic heterocycles. The van der Waals surface area contributed by atoms with Crippen LogP contribution in [0.25, 0.3) is 0 Å². The number of amides is 1. The summed E-state index contributed by atoms with van der Waals surface area (Å²) in [4.78, 5) is 24.0. The molecule has 2 rings (SSSR count). The number of aliphatic carboxylic acids is 1. The van der Waals surface area contributed by atoms with Crippen LogP contribution in [0.5, 0.6) is 0 Å². The van der Waals surface area contributed by atoms with E-state index in [4.69, 9.17) is 20.2 Å². The van der Waals surface area contributed by atoms with Gasteiger partial charge in [0.2, 0.25) is 5.91 Å². The third-order valence-electron chi connectivity index (χ3n) is 4.07. The quantitative estimate of drug-likeness (QED) is 0.326. The Kier molecular flexibility index (Phi) is 8.24. The number of carboxylic acid groups (broad SMARTS) is 1. The van der Waals surface area contributed by atoms with E-state index in [1.165, 1.54) is 0 Å². The van der Waals surface area contributed by atoms with E-state index in [0.717, 1.165) is 11.3 Å². The second kappa shape index (κ2) is 10.2. The second-order valence-corrected chi connectivity index (χ2v) is 7.62. The molecule has 1 saturated heterocycles. The molecule has 8 nitrogen and oxygen atoms in total. The van der Waals surface area contributed by atoms with Crippen LogP contribution in [0.4, 0.5) is 0 Å². The zero-order chi connectivity index (χ0) is 18.2. The Bertz CT molecular complexity index is 506. The molecule has 0 aromatic heterocycles. The number of nitrogens with two attached hydrogens (primary N) is 1. The predicted molar refractivity (Wildman–Crippen MR) is 94.8 cm³/mol. The van der Waals surface area contributed by atoms with Gasteiger partial charge in [-0.05, 0) is 19.3 Å². The van der Waals surface area contributed by atoms with E-state index in [1.54, 1.807) is 11.8 Å². The number of hydrogen-bond donors (Lipinski definition) is 4. The van der Waals surface area contributed by atoms with Crippen LogP contribution >= 0.6 is 11.8 Å². The van der Waals surface area contributed by atoms with Crippen LogP contribution in [0.15, 0.2) is 11.0 Å². The first kappa shape index (κ1) is 20.2. The molecule has 0 radical (unpaired) electrons. The molecule has 140 valence electrons.